The number of phenolic OH excluding ortho intramolecular Hbond substituents is 1. The number of aromatic hydroxyl groups is 1. The van der Waals surface area contributed by atoms with Gasteiger partial charge >= 0.3 is 18.0 Å². The Kier molecular flexibility index (Phi) is 5.63. The van der Waals surface area contributed by atoms with Crippen LogP contribution in [0.1, 0.15) is 11.1 Å². The Bertz CT molecular complexity index is 758. The first-order chi connectivity index (χ1) is 11.8. The molecule has 3 N–H and O–H groups in total. The minimum absolute atomic E-state index is 0.117. The predicted octanol–water partition coefficient (Wildman–Crippen LogP) is 2.71. The minimum atomic E-state index is -4.53. The van der Waals surface area contributed by atoms with Crippen molar-refractivity contribution in [2.24, 2.45) is 0 Å². The number of amides is 2. The van der Waals surface area contributed by atoms with Gasteiger partial charge in [0.05, 0.1) is 5.56 Å². The van der Waals surface area contributed by atoms with Crippen molar-refractivity contribution in [3.63, 3.8) is 0 Å². The van der Waals surface area contributed by atoms with E-state index in [0.29, 0.717) is 6.42 Å². The maximum atomic E-state index is 12.6. The molecule has 132 valence electrons. The molecule has 8 heteroatoms. The molecule has 0 atom stereocenters. The third kappa shape index (κ3) is 5.52. The zero-order valence-corrected chi connectivity index (χ0v) is 12.9. The molecule has 0 unspecified atom stereocenters. The Labute approximate surface area is 141 Å². The van der Waals surface area contributed by atoms with E-state index >= 15 is 0 Å². The molecule has 0 heterocycles. The molecule has 5 nitrogen and oxygen atoms in total. The molecule has 2 amide bonds. The van der Waals surface area contributed by atoms with Gasteiger partial charge in [-0.05, 0) is 42.3 Å². The van der Waals surface area contributed by atoms with Gasteiger partial charge in [-0.25, -0.2) is 0 Å². The van der Waals surface area contributed by atoms with Crippen LogP contribution in [0.3, 0.4) is 0 Å². The van der Waals surface area contributed by atoms with Gasteiger partial charge in [0.2, 0.25) is 0 Å². The van der Waals surface area contributed by atoms with Gasteiger partial charge in [-0.1, -0.05) is 18.2 Å². The van der Waals surface area contributed by atoms with E-state index in [1.54, 1.807) is 12.1 Å². The van der Waals surface area contributed by atoms with Gasteiger partial charge in [0, 0.05) is 12.2 Å². The highest BCUT2D eigenvalue weighted by molar-refractivity contribution is 6.39. The normalized spacial score (nSPS) is 11.0. The molecule has 0 saturated carbocycles. The summed E-state index contributed by atoms with van der Waals surface area (Å²) in [5.74, 6) is -1.88. The summed E-state index contributed by atoms with van der Waals surface area (Å²) in [7, 11) is 0. The monoisotopic (exact) mass is 352 g/mol. The lowest BCUT2D eigenvalue weighted by Gasteiger charge is -2.10. The first kappa shape index (κ1) is 18.3. The first-order valence-corrected chi connectivity index (χ1v) is 7.30. The fourth-order valence-corrected chi connectivity index (χ4v) is 2.02. The van der Waals surface area contributed by atoms with Gasteiger partial charge in [0.15, 0.2) is 0 Å². The van der Waals surface area contributed by atoms with Crippen LogP contribution in [0, 0.1) is 0 Å². The van der Waals surface area contributed by atoms with Crippen LogP contribution < -0.4 is 10.6 Å². The molecule has 0 aliphatic heterocycles. The molecule has 0 radical (unpaired) electrons. The average molecular weight is 352 g/mol. The second-order valence-corrected chi connectivity index (χ2v) is 5.21. The number of phenols is 1. The summed E-state index contributed by atoms with van der Waals surface area (Å²) >= 11 is 0. The SMILES string of the molecule is O=C(NCCc1ccc(O)cc1)C(=O)Nc1cccc(C(F)(F)F)c1. The van der Waals surface area contributed by atoms with Gasteiger partial charge in [0.25, 0.3) is 0 Å². The Morgan fingerprint density at radius 1 is 1.00 bits per heavy atom. The number of rotatable bonds is 4. The smallest absolute Gasteiger partial charge is 0.416 e. The lowest BCUT2D eigenvalue weighted by Crippen LogP contribution is -2.36. The van der Waals surface area contributed by atoms with Crippen molar-refractivity contribution in [3.05, 3.63) is 59.7 Å². The number of halogens is 3. The fourth-order valence-electron chi connectivity index (χ4n) is 2.02. The summed E-state index contributed by atoms with van der Waals surface area (Å²) in [4.78, 5) is 23.4. The van der Waals surface area contributed by atoms with Crippen LogP contribution >= 0.6 is 0 Å². The number of hydrogen-bond acceptors (Lipinski definition) is 3. The molecular weight excluding hydrogens is 337 g/mol. The first-order valence-electron chi connectivity index (χ1n) is 7.30. The van der Waals surface area contributed by atoms with Crippen molar-refractivity contribution >= 4 is 17.5 Å². The minimum Gasteiger partial charge on any atom is -0.508 e. The molecule has 0 aliphatic carbocycles. The van der Waals surface area contributed by atoms with E-state index in [0.717, 1.165) is 23.8 Å². The van der Waals surface area contributed by atoms with Crippen LogP contribution in [0.4, 0.5) is 18.9 Å². The Morgan fingerprint density at radius 3 is 2.32 bits per heavy atom. The topological polar surface area (TPSA) is 78.4 Å². The van der Waals surface area contributed by atoms with E-state index in [4.69, 9.17) is 5.11 Å². The van der Waals surface area contributed by atoms with Gasteiger partial charge in [0.1, 0.15) is 5.75 Å². The second kappa shape index (κ2) is 7.69. The molecule has 2 aromatic carbocycles. The summed E-state index contributed by atoms with van der Waals surface area (Å²) < 4.78 is 37.8. The number of benzene rings is 2. The molecule has 0 spiro atoms. The van der Waals surface area contributed by atoms with Crippen LogP contribution in [0.25, 0.3) is 0 Å². The molecule has 0 saturated heterocycles. The number of anilines is 1. The largest absolute Gasteiger partial charge is 0.508 e. The van der Waals surface area contributed by atoms with Gasteiger partial charge in [-0.15, -0.1) is 0 Å². The standard InChI is InChI=1S/C17H15F3N2O3/c18-17(19,20)12-2-1-3-13(10-12)22-16(25)15(24)21-9-8-11-4-6-14(23)7-5-11/h1-7,10,23H,8-9H2,(H,21,24)(H,22,25). The maximum Gasteiger partial charge on any atom is 0.416 e. The molecule has 2 aromatic rings. The Morgan fingerprint density at radius 2 is 1.68 bits per heavy atom. The third-order valence-corrected chi connectivity index (χ3v) is 3.29. The van der Waals surface area contributed by atoms with Crippen LogP contribution in [0.5, 0.6) is 5.75 Å². The summed E-state index contributed by atoms with van der Waals surface area (Å²) in [5.41, 5.74) is -0.192. The Balaban J connectivity index is 1.86. The van der Waals surface area contributed by atoms with Crippen molar-refractivity contribution in [2.45, 2.75) is 12.6 Å². The van der Waals surface area contributed by atoms with E-state index < -0.39 is 23.6 Å². The molecular formula is C17H15F3N2O3. The third-order valence-electron chi connectivity index (χ3n) is 3.29. The predicted molar refractivity (Wildman–Crippen MR) is 84.9 cm³/mol. The fraction of sp³-hybridized carbons (Fsp3) is 0.176. The van der Waals surface area contributed by atoms with E-state index in [2.05, 4.69) is 10.6 Å². The highest BCUT2D eigenvalue weighted by atomic mass is 19.4. The second-order valence-electron chi connectivity index (χ2n) is 5.21. The quantitative estimate of drug-likeness (QED) is 0.741. The van der Waals surface area contributed by atoms with Crippen molar-refractivity contribution < 1.29 is 27.9 Å². The van der Waals surface area contributed by atoms with Gasteiger partial charge in [-0.2, -0.15) is 13.2 Å². The van der Waals surface area contributed by atoms with Crippen molar-refractivity contribution in [1.29, 1.82) is 0 Å². The van der Waals surface area contributed by atoms with E-state index in [-0.39, 0.29) is 18.0 Å². The lowest BCUT2D eigenvalue weighted by atomic mass is 10.1. The lowest BCUT2D eigenvalue weighted by molar-refractivity contribution is -0.137. The molecule has 0 bridgehead atoms. The Hall–Kier alpha value is -3.03. The van der Waals surface area contributed by atoms with Crippen molar-refractivity contribution in [3.8, 4) is 5.75 Å². The summed E-state index contributed by atoms with van der Waals surface area (Å²) in [6, 6.07) is 10.4. The number of carbonyl (C=O) groups excluding carboxylic acids is 2. The molecule has 2 rings (SSSR count). The molecule has 0 aliphatic rings. The average Bonchev–Trinajstić information content (AvgIpc) is 2.56. The zero-order chi connectivity index (χ0) is 18.4. The van der Waals surface area contributed by atoms with Crippen molar-refractivity contribution in [2.75, 3.05) is 11.9 Å². The summed E-state index contributed by atoms with van der Waals surface area (Å²) in [6.07, 6.45) is -4.10. The number of alkyl halides is 3. The van der Waals surface area contributed by atoms with Crippen LogP contribution in [0.2, 0.25) is 0 Å². The van der Waals surface area contributed by atoms with E-state index in [1.807, 2.05) is 0 Å². The number of hydrogen-bond donors (Lipinski definition) is 3. The number of carbonyl (C=O) groups is 2. The van der Waals surface area contributed by atoms with Crippen molar-refractivity contribution in [1.82, 2.24) is 5.32 Å². The molecule has 0 fully saturated rings. The van der Waals surface area contributed by atoms with Crippen LogP contribution in [-0.4, -0.2) is 23.5 Å². The molecule has 0 aromatic heterocycles. The summed E-state index contributed by atoms with van der Waals surface area (Å²) in [6.45, 7) is 0.166. The molecule has 25 heavy (non-hydrogen) atoms. The van der Waals surface area contributed by atoms with E-state index in [9.17, 15) is 22.8 Å². The number of nitrogens with one attached hydrogen (secondary N) is 2. The van der Waals surface area contributed by atoms with E-state index in [1.165, 1.54) is 18.2 Å². The summed E-state index contributed by atoms with van der Waals surface area (Å²) in [5, 5.41) is 13.7. The van der Waals surface area contributed by atoms with Crippen LogP contribution in [-0.2, 0) is 22.2 Å². The van der Waals surface area contributed by atoms with Gasteiger partial charge < -0.3 is 15.7 Å². The van der Waals surface area contributed by atoms with Crippen LogP contribution in [0.15, 0.2) is 48.5 Å². The van der Waals surface area contributed by atoms with Gasteiger partial charge in [-0.3, -0.25) is 9.59 Å². The maximum absolute atomic E-state index is 12.6. The highest BCUT2D eigenvalue weighted by Gasteiger charge is 2.30. The zero-order valence-electron chi connectivity index (χ0n) is 12.9. The highest BCUT2D eigenvalue weighted by Crippen LogP contribution is 2.30.